The Kier molecular flexibility index (Phi) is 3.52. The van der Waals surface area contributed by atoms with Crippen LogP contribution in [0.4, 0.5) is 4.39 Å². The van der Waals surface area contributed by atoms with Crippen molar-refractivity contribution < 1.29 is 19.1 Å². The molecule has 96 valence electrons. The number of amides is 1. The Balaban J connectivity index is 2.03. The molecule has 0 aliphatic heterocycles. The third-order valence-electron chi connectivity index (χ3n) is 2.91. The molecule has 1 aliphatic carbocycles. The maximum absolute atomic E-state index is 13.6. The van der Waals surface area contributed by atoms with Gasteiger partial charge in [0.05, 0.1) is 0 Å². The van der Waals surface area contributed by atoms with Crippen molar-refractivity contribution in [1.82, 2.24) is 5.32 Å². The number of hydrogen-bond donors (Lipinski definition) is 2. The van der Waals surface area contributed by atoms with Gasteiger partial charge in [0.15, 0.2) is 0 Å². The summed E-state index contributed by atoms with van der Waals surface area (Å²) in [5.74, 6) is -2.56. The molecule has 0 unspecified atom stereocenters. The van der Waals surface area contributed by atoms with Crippen LogP contribution in [0.1, 0.15) is 17.9 Å². The Bertz CT molecular complexity index is 486. The van der Waals surface area contributed by atoms with E-state index in [9.17, 15) is 14.0 Å². The Hall–Kier alpha value is -1.62. The highest BCUT2D eigenvalue weighted by Gasteiger charge is 2.46. The lowest BCUT2D eigenvalue weighted by Gasteiger charge is -2.05. The third kappa shape index (κ3) is 2.61. The first-order valence-corrected chi connectivity index (χ1v) is 5.82. The molecule has 1 aromatic rings. The number of carbonyl (C=O) groups excluding carboxylic acids is 1. The number of aliphatic carboxylic acids is 1. The minimum Gasteiger partial charge on any atom is -0.480 e. The van der Waals surface area contributed by atoms with Gasteiger partial charge in [-0.25, -0.2) is 4.39 Å². The number of nitrogens with one attached hydrogen (secondary N) is 1. The second-order valence-corrected chi connectivity index (χ2v) is 4.60. The fourth-order valence-electron chi connectivity index (χ4n) is 1.96. The molecule has 1 aliphatic rings. The van der Waals surface area contributed by atoms with Crippen LogP contribution in [0.2, 0.25) is 5.02 Å². The number of carbonyl (C=O) groups is 2. The molecule has 1 amide bonds. The van der Waals surface area contributed by atoms with Gasteiger partial charge in [0.2, 0.25) is 5.91 Å². The summed E-state index contributed by atoms with van der Waals surface area (Å²) < 4.78 is 13.6. The second kappa shape index (κ2) is 4.94. The van der Waals surface area contributed by atoms with Gasteiger partial charge in [-0.3, -0.25) is 9.59 Å². The lowest BCUT2D eigenvalue weighted by molar-refractivity contribution is -0.138. The van der Waals surface area contributed by atoms with Crippen LogP contribution >= 0.6 is 11.6 Å². The van der Waals surface area contributed by atoms with Crippen LogP contribution in [-0.4, -0.2) is 23.5 Å². The molecule has 0 bridgehead atoms. The minimum absolute atomic E-state index is 0.257. The van der Waals surface area contributed by atoms with Crippen LogP contribution in [-0.2, 0) is 9.59 Å². The number of rotatable bonds is 4. The Morgan fingerprint density at radius 3 is 2.83 bits per heavy atom. The smallest absolute Gasteiger partial charge is 0.322 e. The standard InChI is InChI=1S/C12H11ClFNO3/c13-8-2-1-3-9(14)11(8)6-4-7(6)12(18)15-5-10(16)17/h1-3,6-7H,4-5H2,(H,15,18)(H,16,17)/t6-,7+/m1/s1. The Morgan fingerprint density at radius 1 is 1.50 bits per heavy atom. The largest absolute Gasteiger partial charge is 0.480 e. The monoisotopic (exact) mass is 271 g/mol. The van der Waals surface area contributed by atoms with Gasteiger partial charge in [0.1, 0.15) is 12.4 Å². The van der Waals surface area contributed by atoms with Gasteiger partial charge in [-0.1, -0.05) is 17.7 Å². The van der Waals surface area contributed by atoms with Gasteiger partial charge in [0, 0.05) is 22.4 Å². The van der Waals surface area contributed by atoms with E-state index in [1.807, 2.05) is 0 Å². The van der Waals surface area contributed by atoms with Gasteiger partial charge in [-0.2, -0.15) is 0 Å². The first-order chi connectivity index (χ1) is 8.50. The van der Waals surface area contributed by atoms with Crippen molar-refractivity contribution in [1.29, 1.82) is 0 Å². The summed E-state index contributed by atoms with van der Waals surface area (Å²) in [4.78, 5) is 21.9. The number of carboxylic acids is 1. The summed E-state index contributed by atoms with van der Waals surface area (Å²) in [6.45, 7) is -0.424. The van der Waals surface area contributed by atoms with Crippen LogP contribution in [0.25, 0.3) is 0 Å². The molecule has 2 N–H and O–H groups in total. The maximum Gasteiger partial charge on any atom is 0.322 e. The van der Waals surface area contributed by atoms with Gasteiger partial charge in [0.25, 0.3) is 0 Å². The molecule has 18 heavy (non-hydrogen) atoms. The first kappa shape index (κ1) is 12.8. The van der Waals surface area contributed by atoms with E-state index in [1.54, 1.807) is 6.07 Å². The third-order valence-corrected chi connectivity index (χ3v) is 3.24. The molecule has 4 nitrogen and oxygen atoms in total. The topological polar surface area (TPSA) is 66.4 Å². The van der Waals surface area contributed by atoms with Crippen molar-refractivity contribution in [2.24, 2.45) is 5.92 Å². The fraction of sp³-hybridized carbons (Fsp3) is 0.333. The van der Waals surface area contributed by atoms with E-state index in [4.69, 9.17) is 16.7 Å². The molecule has 0 heterocycles. The van der Waals surface area contributed by atoms with Crippen molar-refractivity contribution in [2.45, 2.75) is 12.3 Å². The molecule has 0 aromatic heterocycles. The van der Waals surface area contributed by atoms with E-state index in [2.05, 4.69) is 5.32 Å². The van der Waals surface area contributed by atoms with Crippen LogP contribution in [0.15, 0.2) is 18.2 Å². The lowest BCUT2D eigenvalue weighted by Crippen LogP contribution is -2.30. The average Bonchev–Trinajstić information content (AvgIpc) is 3.06. The summed E-state index contributed by atoms with van der Waals surface area (Å²) in [5.41, 5.74) is 0.342. The van der Waals surface area contributed by atoms with Gasteiger partial charge in [-0.05, 0) is 18.6 Å². The van der Waals surface area contributed by atoms with Crippen LogP contribution < -0.4 is 5.32 Å². The van der Waals surface area contributed by atoms with E-state index in [0.717, 1.165) is 0 Å². The molecule has 1 fully saturated rings. The van der Waals surface area contributed by atoms with Gasteiger partial charge in [-0.15, -0.1) is 0 Å². The highest BCUT2D eigenvalue weighted by molar-refractivity contribution is 6.31. The normalized spacial score (nSPS) is 21.4. The summed E-state index contributed by atoms with van der Waals surface area (Å²) in [7, 11) is 0. The summed E-state index contributed by atoms with van der Waals surface area (Å²) in [6.07, 6.45) is 0.492. The molecule has 6 heteroatoms. The predicted molar refractivity (Wildman–Crippen MR) is 62.9 cm³/mol. The Labute approximate surface area is 108 Å². The van der Waals surface area contributed by atoms with Crippen LogP contribution in [0.3, 0.4) is 0 Å². The lowest BCUT2D eigenvalue weighted by atomic mass is 10.1. The summed E-state index contributed by atoms with van der Waals surface area (Å²) in [6, 6.07) is 4.37. The molecule has 0 radical (unpaired) electrons. The number of carboxylic acid groups (broad SMARTS) is 1. The van der Waals surface area contributed by atoms with Crippen molar-refractivity contribution in [3.8, 4) is 0 Å². The summed E-state index contributed by atoms with van der Waals surface area (Å²) in [5, 5.41) is 11.0. The van der Waals surface area contributed by atoms with E-state index in [1.165, 1.54) is 12.1 Å². The number of hydrogen-bond acceptors (Lipinski definition) is 2. The average molecular weight is 272 g/mol. The van der Waals surface area contributed by atoms with Crippen LogP contribution in [0.5, 0.6) is 0 Å². The van der Waals surface area contributed by atoms with E-state index >= 15 is 0 Å². The van der Waals surface area contributed by atoms with Crippen molar-refractivity contribution in [3.05, 3.63) is 34.6 Å². The first-order valence-electron chi connectivity index (χ1n) is 5.44. The molecule has 1 saturated carbocycles. The molecule has 1 aromatic carbocycles. The van der Waals surface area contributed by atoms with Gasteiger partial charge < -0.3 is 10.4 Å². The van der Waals surface area contributed by atoms with Crippen molar-refractivity contribution >= 4 is 23.5 Å². The van der Waals surface area contributed by atoms with E-state index < -0.39 is 24.2 Å². The van der Waals surface area contributed by atoms with E-state index in [0.29, 0.717) is 17.0 Å². The zero-order chi connectivity index (χ0) is 13.3. The molecule has 2 rings (SSSR count). The zero-order valence-corrected chi connectivity index (χ0v) is 10.1. The highest BCUT2D eigenvalue weighted by atomic mass is 35.5. The predicted octanol–water partition coefficient (Wildman–Crippen LogP) is 1.78. The minimum atomic E-state index is -1.11. The molecule has 0 spiro atoms. The molecule has 0 saturated heterocycles. The van der Waals surface area contributed by atoms with E-state index in [-0.39, 0.29) is 11.8 Å². The van der Waals surface area contributed by atoms with Crippen molar-refractivity contribution in [2.75, 3.05) is 6.54 Å². The number of benzene rings is 1. The van der Waals surface area contributed by atoms with Crippen LogP contribution in [0, 0.1) is 11.7 Å². The second-order valence-electron chi connectivity index (χ2n) is 4.20. The fourth-order valence-corrected chi connectivity index (χ4v) is 2.27. The quantitative estimate of drug-likeness (QED) is 0.877. The number of halogens is 2. The molecular weight excluding hydrogens is 261 g/mol. The zero-order valence-electron chi connectivity index (χ0n) is 9.32. The highest BCUT2D eigenvalue weighted by Crippen LogP contribution is 2.50. The molecular formula is C12H11ClFNO3. The van der Waals surface area contributed by atoms with Crippen molar-refractivity contribution in [3.63, 3.8) is 0 Å². The maximum atomic E-state index is 13.6. The molecule has 2 atom stereocenters. The Morgan fingerprint density at radius 2 is 2.22 bits per heavy atom. The SMILES string of the molecule is O=C(O)CNC(=O)[C@H]1C[C@H]1c1c(F)cccc1Cl. The summed E-state index contributed by atoms with van der Waals surface area (Å²) >= 11 is 5.90. The van der Waals surface area contributed by atoms with Gasteiger partial charge >= 0.3 is 5.97 Å².